The van der Waals surface area contributed by atoms with Crippen LogP contribution in [-0.2, 0) is 11.2 Å². The number of aromatic nitrogens is 1. The summed E-state index contributed by atoms with van der Waals surface area (Å²) < 4.78 is 11.6. The van der Waals surface area contributed by atoms with E-state index >= 15 is 0 Å². The average molecular weight is 301 g/mol. The second-order valence-electron chi connectivity index (χ2n) is 4.68. The summed E-state index contributed by atoms with van der Waals surface area (Å²) in [6, 6.07) is 8.07. The van der Waals surface area contributed by atoms with Crippen molar-refractivity contribution in [1.82, 2.24) is 4.98 Å². The molecule has 0 unspecified atom stereocenters. The molecule has 0 saturated carbocycles. The van der Waals surface area contributed by atoms with Crippen LogP contribution in [0, 0.1) is 0 Å². The number of benzene rings is 1. The molecule has 0 aliphatic rings. The molecule has 0 aliphatic heterocycles. The summed E-state index contributed by atoms with van der Waals surface area (Å²) in [5.74, 6) is 0.220. The zero-order chi connectivity index (χ0) is 14.8. The summed E-state index contributed by atoms with van der Waals surface area (Å²) in [5.41, 5.74) is 1.58. The van der Waals surface area contributed by atoms with E-state index in [0.29, 0.717) is 18.0 Å². The Labute approximate surface area is 126 Å². The van der Waals surface area contributed by atoms with E-state index in [4.69, 9.17) is 9.15 Å². The third kappa shape index (κ3) is 2.45. The van der Waals surface area contributed by atoms with Gasteiger partial charge in [0.05, 0.1) is 18.4 Å². The van der Waals surface area contributed by atoms with E-state index in [1.54, 1.807) is 11.3 Å². The van der Waals surface area contributed by atoms with Crippen molar-refractivity contribution < 1.29 is 13.9 Å². The second-order valence-corrected chi connectivity index (χ2v) is 5.59. The number of carbonyl (C=O) groups is 1. The molecule has 0 radical (unpaired) electrons. The van der Waals surface area contributed by atoms with Crippen LogP contribution in [0.15, 0.2) is 34.1 Å². The maximum absolute atomic E-state index is 11.8. The van der Waals surface area contributed by atoms with Crippen LogP contribution in [0.4, 0.5) is 0 Å². The predicted molar refractivity (Wildman–Crippen MR) is 82.7 cm³/mol. The number of carbonyl (C=O) groups excluding carboxylic acids is 1. The van der Waals surface area contributed by atoms with Crippen molar-refractivity contribution in [2.24, 2.45) is 0 Å². The smallest absolute Gasteiger partial charge is 0.376 e. The number of methoxy groups -OCH3 is 1. The molecule has 3 rings (SSSR count). The Kier molecular flexibility index (Phi) is 3.75. The number of rotatable bonds is 4. The van der Waals surface area contributed by atoms with Gasteiger partial charge in [0, 0.05) is 15.5 Å². The van der Waals surface area contributed by atoms with Gasteiger partial charge >= 0.3 is 5.97 Å². The molecule has 1 aromatic carbocycles. The number of esters is 1. The Bertz CT molecular complexity index is 788. The Balaban J connectivity index is 2.12. The van der Waals surface area contributed by atoms with E-state index in [9.17, 15) is 4.79 Å². The Morgan fingerprint density at radius 3 is 2.95 bits per heavy atom. The van der Waals surface area contributed by atoms with Gasteiger partial charge in [-0.05, 0) is 12.5 Å². The molecule has 0 N–H and O–H groups in total. The van der Waals surface area contributed by atoms with Crippen LogP contribution in [0.25, 0.3) is 21.5 Å². The van der Waals surface area contributed by atoms with Crippen LogP contribution < -0.4 is 0 Å². The number of hydrogen-bond donors (Lipinski definition) is 0. The standard InChI is InChI=1S/C16H15NO3S/c1-3-6-12-14(16(18)19-2)20-15(17-12)11-9-21-13-8-5-4-7-10(11)13/h4-5,7-9H,3,6H2,1-2H3. The molecule has 0 saturated heterocycles. The van der Waals surface area contributed by atoms with Crippen LogP contribution >= 0.6 is 11.3 Å². The van der Waals surface area contributed by atoms with Gasteiger partial charge in [-0.1, -0.05) is 31.5 Å². The van der Waals surface area contributed by atoms with Crippen LogP contribution in [-0.4, -0.2) is 18.1 Å². The van der Waals surface area contributed by atoms with Gasteiger partial charge in [0.2, 0.25) is 11.7 Å². The topological polar surface area (TPSA) is 52.3 Å². The normalized spacial score (nSPS) is 11.0. The number of fused-ring (bicyclic) bond motifs is 1. The Morgan fingerprint density at radius 1 is 1.38 bits per heavy atom. The number of oxazole rings is 1. The van der Waals surface area contributed by atoms with Gasteiger partial charge in [0.25, 0.3) is 0 Å². The fourth-order valence-electron chi connectivity index (χ4n) is 2.27. The largest absolute Gasteiger partial charge is 0.463 e. The van der Waals surface area contributed by atoms with E-state index in [0.717, 1.165) is 17.4 Å². The van der Waals surface area contributed by atoms with Crippen molar-refractivity contribution in [2.75, 3.05) is 7.11 Å². The molecule has 5 heteroatoms. The highest BCUT2D eigenvalue weighted by Crippen LogP contribution is 2.34. The fraction of sp³-hybridized carbons (Fsp3) is 0.250. The number of nitrogens with zero attached hydrogens (tertiary/aromatic N) is 1. The maximum atomic E-state index is 11.8. The number of thiophene rings is 1. The van der Waals surface area contributed by atoms with Crippen LogP contribution in [0.5, 0.6) is 0 Å². The summed E-state index contributed by atoms with van der Waals surface area (Å²) in [5, 5.41) is 3.09. The number of aryl methyl sites for hydroxylation is 1. The van der Waals surface area contributed by atoms with E-state index < -0.39 is 5.97 Å². The predicted octanol–water partition coefficient (Wildman–Crippen LogP) is 4.30. The average Bonchev–Trinajstić information content (AvgIpc) is 3.10. The van der Waals surface area contributed by atoms with Crippen molar-refractivity contribution in [2.45, 2.75) is 19.8 Å². The van der Waals surface area contributed by atoms with Gasteiger partial charge in [0.15, 0.2) is 0 Å². The third-order valence-electron chi connectivity index (χ3n) is 3.27. The van der Waals surface area contributed by atoms with Crippen molar-refractivity contribution in [3.8, 4) is 11.5 Å². The summed E-state index contributed by atoms with van der Waals surface area (Å²) in [7, 11) is 1.35. The first kappa shape index (κ1) is 13.8. The lowest BCUT2D eigenvalue weighted by Crippen LogP contribution is -2.03. The van der Waals surface area contributed by atoms with Crippen molar-refractivity contribution in [3.05, 3.63) is 41.1 Å². The molecule has 21 heavy (non-hydrogen) atoms. The highest BCUT2D eigenvalue weighted by molar-refractivity contribution is 7.17. The minimum Gasteiger partial charge on any atom is -0.463 e. The molecule has 0 spiro atoms. The second kappa shape index (κ2) is 5.69. The maximum Gasteiger partial charge on any atom is 0.376 e. The van der Waals surface area contributed by atoms with Crippen molar-refractivity contribution in [3.63, 3.8) is 0 Å². The molecule has 108 valence electrons. The first-order valence-electron chi connectivity index (χ1n) is 6.79. The fourth-order valence-corrected chi connectivity index (χ4v) is 3.20. The van der Waals surface area contributed by atoms with Gasteiger partial charge in [-0.15, -0.1) is 11.3 Å². The summed E-state index contributed by atoms with van der Waals surface area (Å²) in [6.45, 7) is 2.04. The first-order valence-corrected chi connectivity index (χ1v) is 7.67. The molecule has 0 bridgehead atoms. The molecule has 3 aromatic rings. The van der Waals surface area contributed by atoms with Gasteiger partial charge in [-0.2, -0.15) is 0 Å². The molecule has 0 fully saturated rings. The SMILES string of the molecule is CCCc1nc(-c2csc3ccccc23)oc1C(=O)OC. The molecule has 2 aromatic heterocycles. The number of ether oxygens (including phenoxy) is 1. The van der Waals surface area contributed by atoms with Crippen LogP contribution in [0.2, 0.25) is 0 Å². The summed E-state index contributed by atoms with van der Waals surface area (Å²) in [4.78, 5) is 16.3. The quantitative estimate of drug-likeness (QED) is 0.674. The van der Waals surface area contributed by atoms with Gasteiger partial charge < -0.3 is 9.15 Å². The molecule has 2 heterocycles. The van der Waals surface area contributed by atoms with E-state index in [2.05, 4.69) is 11.1 Å². The Hall–Kier alpha value is -2.14. The highest BCUT2D eigenvalue weighted by Gasteiger charge is 2.22. The monoisotopic (exact) mass is 301 g/mol. The highest BCUT2D eigenvalue weighted by atomic mass is 32.1. The van der Waals surface area contributed by atoms with Crippen LogP contribution in [0.1, 0.15) is 29.6 Å². The first-order chi connectivity index (χ1) is 10.2. The summed E-state index contributed by atoms with van der Waals surface area (Å²) in [6.07, 6.45) is 1.58. The Morgan fingerprint density at radius 2 is 2.19 bits per heavy atom. The van der Waals surface area contributed by atoms with Crippen molar-refractivity contribution in [1.29, 1.82) is 0 Å². The minimum absolute atomic E-state index is 0.213. The van der Waals surface area contributed by atoms with E-state index in [1.807, 2.05) is 30.5 Å². The van der Waals surface area contributed by atoms with Crippen molar-refractivity contribution >= 4 is 27.4 Å². The minimum atomic E-state index is -0.475. The van der Waals surface area contributed by atoms with Gasteiger partial charge in [-0.25, -0.2) is 9.78 Å². The zero-order valence-electron chi connectivity index (χ0n) is 11.9. The summed E-state index contributed by atoms with van der Waals surface area (Å²) >= 11 is 1.64. The lowest BCUT2D eigenvalue weighted by Gasteiger charge is -1.96. The molecule has 0 aliphatic carbocycles. The zero-order valence-corrected chi connectivity index (χ0v) is 12.7. The van der Waals surface area contributed by atoms with Gasteiger partial charge in [-0.3, -0.25) is 0 Å². The lowest BCUT2D eigenvalue weighted by atomic mass is 10.2. The lowest BCUT2D eigenvalue weighted by molar-refractivity contribution is 0.0564. The van der Waals surface area contributed by atoms with Crippen LogP contribution in [0.3, 0.4) is 0 Å². The number of hydrogen-bond acceptors (Lipinski definition) is 5. The van der Waals surface area contributed by atoms with E-state index in [1.165, 1.54) is 11.8 Å². The van der Waals surface area contributed by atoms with Gasteiger partial charge in [0.1, 0.15) is 0 Å². The molecule has 4 nitrogen and oxygen atoms in total. The third-order valence-corrected chi connectivity index (χ3v) is 4.23. The molecule has 0 amide bonds. The van der Waals surface area contributed by atoms with E-state index in [-0.39, 0.29) is 5.76 Å². The molecule has 0 atom stereocenters. The molecular weight excluding hydrogens is 286 g/mol. The molecular formula is C16H15NO3S.